The predicted molar refractivity (Wildman–Crippen MR) is 82.5 cm³/mol. The van der Waals surface area contributed by atoms with Crippen LogP contribution in [0.25, 0.3) is 0 Å². The summed E-state index contributed by atoms with van der Waals surface area (Å²) in [6.45, 7) is 3.38. The van der Waals surface area contributed by atoms with Gasteiger partial charge >= 0.3 is 0 Å². The van der Waals surface area contributed by atoms with Gasteiger partial charge in [-0.1, -0.05) is 22.0 Å². The first kappa shape index (κ1) is 14.1. The molecule has 1 aromatic carbocycles. The van der Waals surface area contributed by atoms with E-state index in [1.807, 2.05) is 17.9 Å². The number of fused-ring (bicyclic) bond motifs is 1. The molecule has 2 aliphatic rings. The zero-order valence-corrected chi connectivity index (χ0v) is 13.4. The minimum absolute atomic E-state index is 0.0946. The number of nitrogens with zero attached hydrogens (tertiary/aromatic N) is 1. The molecule has 1 aliphatic heterocycles. The van der Waals surface area contributed by atoms with Gasteiger partial charge in [-0.15, -0.1) is 0 Å². The van der Waals surface area contributed by atoms with Gasteiger partial charge in [0.05, 0.1) is 12.2 Å². The molecule has 1 saturated heterocycles. The topological polar surface area (TPSA) is 29.5 Å². The molecule has 1 aromatic rings. The molecule has 20 heavy (non-hydrogen) atoms. The lowest BCUT2D eigenvalue weighted by Crippen LogP contribution is -2.49. The highest BCUT2D eigenvalue weighted by Crippen LogP contribution is 2.24. The van der Waals surface area contributed by atoms with Crippen molar-refractivity contribution in [1.82, 2.24) is 4.90 Å². The molecule has 2 atom stereocenters. The van der Waals surface area contributed by atoms with Crippen molar-refractivity contribution in [3.63, 3.8) is 0 Å². The van der Waals surface area contributed by atoms with Crippen LogP contribution in [0.4, 0.5) is 0 Å². The molecular weight excluding hydrogens is 318 g/mol. The van der Waals surface area contributed by atoms with Crippen LogP contribution in [-0.2, 0) is 17.6 Å². The summed E-state index contributed by atoms with van der Waals surface area (Å²) in [6.07, 6.45) is 3.68. The van der Waals surface area contributed by atoms with Crippen LogP contribution in [0, 0.1) is 0 Å². The molecule has 3 nitrogen and oxygen atoms in total. The van der Waals surface area contributed by atoms with Crippen molar-refractivity contribution < 1.29 is 9.53 Å². The Morgan fingerprint density at radius 2 is 2.15 bits per heavy atom. The zero-order valence-electron chi connectivity index (χ0n) is 11.8. The fourth-order valence-corrected chi connectivity index (χ4v) is 3.54. The summed E-state index contributed by atoms with van der Waals surface area (Å²) in [5.74, 6) is 0.140. The van der Waals surface area contributed by atoms with E-state index in [-0.39, 0.29) is 18.1 Å². The lowest BCUT2D eigenvalue weighted by atomic mass is 10.0. The van der Waals surface area contributed by atoms with E-state index in [4.69, 9.17) is 4.74 Å². The number of benzene rings is 1. The summed E-state index contributed by atoms with van der Waals surface area (Å²) >= 11 is 3.45. The van der Waals surface area contributed by atoms with Gasteiger partial charge < -0.3 is 9.64 Å². The van der Waals surface area contributed by atoms with E-state index in [2.05, 4.69) is 28.1 Å². The van der Waals surface area contributed by atoms with Gasteiger partial charge in [0.2, 0.25) is 0 Å². The van der Waals surface area contributed by atoms with E-state index in [1.165, 1.54) is 17.5 Å². The van der Waals surface area contributed by atoms with Crippen LogP contribution in [-0.4, -0.2) is 41.4 Å². The Labute approximate surface area is 128 Å². The molecule has 1 fully saturated rings. The maximum Gasteiger partial charge on any atom is 0.254 e. The molecule has 1 heterocycles. The molecule has 1 amide bonds. The van der Waals surface area contributed by atoms with Crippen molar-refractivity contribution in [1.29, 1.82) is 0 Å². The molecule has 4 heteroatoms. The highest BCUT2D eigenvalue weighted by molar-refractivity contribution is 9.09. The second-order valence-electron chi connectivity index (χ2n) is 5.77. The van der Waals surface area contributed by atoms with Gasteiger partial charge in [-0.2, -0.15) is 0 Å². The van der Waals surface area contributed by atoms with Gasteiger partial charge in [0.25, 0.3) is 5.91 Å². The highest BCUT2D eigenvalue weighted by Gasteiger charge is 2.28. The molecular formula is C16H20BrNO2. The lowest BCUT2D eigenvalue weighted by molar-refractivity contribution is -0.0559. The van der Waals surface area contributed by atoms with Crippen LogP contribution in [0.3, 0.4) is 0 Å². The largest absolute Gasteiger partial charge is 0.371 e. The van der Waals surface area contributed by atoms with Crippen LogP contribution >= 0.6 is 15.9 Å². The number of ether oxygens (including phenoxy) is 1. The normalized spacial score (nSPS) is 25.6. The van der Waals surface area contributed by atoms with Crippen molar-refractivity contribution in [3.8, 4) is 0 Å². The first-order valence-electron chi connectivity index (χ1n) is 7.30. The van der Waals surface area contributed by atoms with Crippen LogP contribution in [0.1, 0.15) is 34.8 Å². The maximum atomic E-state index is 12.7. The first-order valence-corrected chi connectivity index (χ1v) is 8.42. The summed E-state index contributed by atoms with van der Waals surface area (Å²) in [6, 6.07) is 6.20. The predicted octanol–water partition coefficient (Wildman–Crippen LogP) is 2.80. The van der Waals surface area contributed by atoms with Gasteiger partial charge in [0.15, 0.2) is 0 Å². The Morgan fingerprint density at radius 3 is 2.95 bits per heavy atom. The summed E-state index contributed by atoms with van der Waals surface area (Å²) in [4.78, 5) is 14.6. The Kier molecular flexibility index (Phi) is 4.13. The van der Waals surface area contributed by atoms with Crippen molar-refractivity contribution in [3.05, 3.63) is 34.9 Å². The summed E-state index contributed by atoms with van der Waals surface area (Å²) in [7, 11) is 0. The Balaban J connectivity index is 1.78. The quantitative estimate of drug-likeness (QED) is 0.776. The molecule has 0 aromatic heterocycles. The van der Waals surface area contributed by atoms with Crippen molar-refractivity contribution in [2.75, 3.05) is 18.4 Å². The Bertz CT molecular complexity index is 517. The van der Waals surface area contributed by atoms with Crippen molar-refractivity contribution in [2.24, 2.45) is 0 Å². The minimum atomic E-state index is 0.0946. The van der Waals surface area contributed by atoms with E-state index < -0.39 is 0 Å². The third kappa shape index (κ3) is 2.77. The molecule has 2 unspecified atom stereocenters. The average Bonchev–Trinajstić information content (AvgIpc) is 2.93. The Hall–Kier alpha value is -0.870. The smallest absolute Gasteiger partial charge is 0.254 e. The van der Waals surface area contributed by atoms with Crippen LogP contribution in [0.5, 0.6) is 0 Å². The monoisotopic (exact) mass is 337 g/mol. The molecule has 0 radical (unpaired) electrons. The standard InChI is InChI=1S/C16H20BrNO2/c1-11-9-18(10-15(8-17)20-11)16(19)14-6-5-12-3-2-4-13(12)7-14/h5-7,11,15H,2-4,8-10H2,1H3. The third-order valence-corrected chi connectivity index (χ3v) is 4.85. The summed E-state index contributed by atoms with van der Waals surface area (Å²) < 4.78 is 5.78. The number of amides is 1. The number of aryl methyl sites for hydroxylation is 2. The summed E-state index contributed by atoms with van der Waals surface area (Å²) in [5, 5.41) is 0.769. The second kappa shape index (κ2) is 5.86. The van der Waals surface area contributed by atoms with E-state index in [9.17, 15) is 4.79 Å². The SMILES string of the molecule is CC1CN(C(=O)c2ccc3c(c2)CCC3)CC(CBr)O1. The van der Waals surface area contributed by atoms with Gasteiger partial charge in [0, 0.05) is 24.0 Å². The lowest BCUT2D eigenvalue weighted by Gasteiger charge is -2.36. The number of hydrogen-bond donors (Lipinski definition) is 0. The maximum absolute atomic E-state index is 12.7. The van der Waals surface area contributed by atoms with E-state index in [0.29, 0.717) is 13.1 Å². The average molecular weight is 338 g/mol. The highest BCUT2D eigenvalue weighted by atomic mass is 79.9. The third-order valence-electron chi connectivity index (χ3n) is 4.13. The van der Waals surface area contributed by atoms with Gasteiger partial charge in [-0.3, -0.25) is 4.79 Å². The summed E-state index contributed by atoms with van der Waals surface area (Å²) in [5.41, 5.74) is 3.59. The van der Waals surface area contributed by atoms with Crippen LogP contribution in [0.2, 0.25) is 0 Å². The van der Waals surface area contributed by atoms with E-state index in [1.54, 1.807) is 0 Å². The number of morpholine rings is 1. The zero-order chi connectivity index (χ0) is 14.1. The molecule has 1 aliphatic carbocycles. The minimum Gasteiger partial charge on any atom is -0.371 e. The Morgan fingerprint density at radius 1 is 1.35 bits per heavy atom. The number of alkyl halides is 1. The van der Waals surface area contributed by atoms with E-state index in [0.717, 1.165) is 23.7 Å². The van der Waals surface area contributed by atoms with Crippen LogP contribution < -0.4 is 0 Å². The van der Waals surface area contributed by atoms with Crippen molar-refractivity contribution >= 4 is 21.8 Å². The molecule has 0 saturated carbocycles. The molecule has 3 rings (SSSR count). The number of halogens is 1. The number of hydrogen-bond acceptors (Lipinski definition) is 2. The fraction of sp³-hybridized carbons (Fsp3) is 0.562. The van der Waals surface area contributed by atoms with Gasteiger partial charge in [-0.05, 0) is 49.4 Å². The molecule has 0 N–H and O–H groups in total. The second-order valence-corrected chi connectivity index (χ2v) is 6.42. The molecule has 0 bridgehead atoms. The number of rotatable bonds is 2. The number of carbonyl (C=O) groups excluding carboxylic acids is 1. The van der Waals surface area contributed by atoms with Gasteiger partial charge in [0.1, 0.15) is 0 Å². The van der Waals surface area contributed by atoms with Crippen LogP contribution in [0.15, 0.2) is 18.2 Å². The van der Waals surface area contributed by atoms with E-state index >= 15 is 0 Å². The molecule has 108 valence electrons. The molecule has 0 spiro atoms. The number of carbonyl (C=O) groups is 1. The van der Waals surface area contributed by atoms with Crippen molar-refractivity contribution in [2.45, 2.75) is 38.4 Å². The van der Waals surface area contributed by atoms with Gasteiger partial charge in [-0.25, -0.2) is 0 Å². The first-order chi connectivity index (χ1) is 9.67. The fourth-order valence-electron chi connectivity index (χ4n) is 3.18.